The molecule has 2 aromatic rings. The molecule has 2 heterocycles. The molecule has 9 nitrogen and oxygen atoms in total. The monoisotopic (exact) mass is 408 g/mol. The van der Waals surface area contributed by atoms with Crippen molar-refractivity contribution < 1.29 is 13.2 Å². The van der Waals surface area contributed by atoms with E-state index >= 15 is 0 Å². The Hall–Kier alpha value is -2.14. The first-order valence-corrected chi connectivity index (χ1v) is 11.3. The number of thioether (sulfide) groups is 1. The van der Waals surface area contributed by atoms with Crippen LogP contribution >= 0.6 is 11.8 Å². The Kier molecular flexibility index (Phi) is 4.81. The van der Waals surface area contributed by atoms with E-state index in [4.69, 9.17) is 0 Å². The van der Waals surface area contributed by atoms with E-state index in [2.05, 4.69) is 20.8 Å². The second kappa shape index (κ2) is 7.12. The number of hydrogen-bond donors (Lipinski definition) is 1. The molecule has 27 heavy (non-hydrogen) atoms. The minimum atomic E-state index is -3.20. The van der Waals surface area contributed by atoms with Gasteiger partial charge in [-0.05, 0) is 60.9 Å². The van der Waals surface area contributed by atoms with Crippen LogP contribution in [0.15, 0.2) is 29.4 Å². The summed E-state index contributed by atoms with van der Waals surface area (Å²) in [5.41, 5.74) is 1.24. The first-order valence-electron chi connectivity index (χ1n) is 8.80. The van der Waals surface area contributed by atoms with Crippen LogP contribution < -0.4 is 9.62 Å². The molecule has 2 aliphatic rings. The zero-order chi connectivity index (χ0) is 19.0. The normalized spacial score (nSPS) is 19.8. The molecule has 0 spiro atoms. The maximum absolute atomic E-state index is 12.5. The lowest BCUT2D eigenvalue weighted by molar-refractivity contribution is -0.115. The highest BCUT2D eigenvalue weighted by Gasteiger charge is 2.30. The molecule has 1 aromatic carbocycles. The molecule has 4 rings (SSSR count). The Morgan fingerprint density at radius 1 is 1.30 bits per heavy atom. The van der Waals surface area contributed by atoms with Gasteiger partial charge in [-0.1, -0.05) is 11.8 Å². The Balaban J connectivity index is 1.38. The number of nitrogens with one attached hydrogen (secondary N) is 1. The number of benzene rings is 1. The summed E-state index contributed by atoms with van der Waals surface area (Å²) in [6, 6.07) is 7.21. The lowest BCUT2D eigenvalue weighted by Gasteiger charge is -2.17. The van der Waals surface area contributed by atoms with Crippen LogP contribution in [0.2, 0.25) is 0 Å². The number of amides is 1. The molecule has 1 N–H and O–H groups in total. The molecule has 144 valence electrons. The van der Waals surface area contributed by atoms with Gasteiger partial charge < -0.3 is 5.32 Å². The standard InChI is InChI=1S/C16H20N6O3S2/c1-11(26-16-18-19-20-22(16)14-7-8-14)15(23)17-12-3-5-13(6-4-12)21-9-2-10-27(21,24)25/h3-6,11,14H,2,7-10H2,1H3,(H,17,23). The summed E-state index contributed by atoms with van der Waals surface area (Å²) in [6.07, 6.45) is 2.77. The number of sulfonamides is 1. The topological polar surface area (TPSA) is 110 Å². The summed E-state index contributed by atoms with van der Waals surface area (Å²) in [5, 5.41) is 14.8. The van der Waals surface area contributed by atoms with E-state index in [1.807, 2.05) is 0 Å². The third-order valence-electron chi connectivity index (χ3n) is 4.53. The van der Waals surface area contributed by atoms with Gasteiger partial charge in [-0.3, -0.25) is 9.10 Å². The minimum Gasteiger partial charge on any atom is -0.325 e. The highest BCUT2D eigenvalue weighted by atomic mass is 32.2. The number of nitrogens with zero attached hydrogens (tertiary/aromatic N) is 5. The summed E-state index contributed by atoms with van der Waals surface area (Å²) in [7, 11) is -3.20. The van der Waals surface area contributed by atoms with Gasteiger partial charge in [-0.2, -0.15) is 0 Å². The highest BCUT2D eigenvalue weighted by Crippen LogP contribution is 2.37. The Bertz CT molecular complexity index is 939. The fourth-order valence-electron chi connectivity index (χ4n) is 2.91. The number of rotatable bonds is 6. The van der Waals surface area contributed by atoms with Crippen LogP contribution in [-0.2, 0) is 14.8 Å². The van der Waals surface area contributed by atoms with Gasteiger partial charge in [0.25, 0.3) is 0 Å². The Labute approximate surface area is 161 Å². The zero-order valence-electron chi connectivity index (χ0n) is 14.8. The smallest absolute Gasteiger partial charge is 0.237 e. The van der Waals surface area contributed by atoms with Crippen molar-refractivity contribution in [3.63, 3.8) is 0 Å². The molecule has 1 aliphatic carbocycles. The van der Waals surface area contributed by atoms with E-state index in [0.29, 0.717) is 35.5 Å². The van der Waals surface area contributed by atoms with Crippen molar-refractivity contribution in [1.82, 2.24) is 20.2 Å². The highest BCUT2D eigenvalue weighted by molar-refractivity contribution is 8.00. The summed E-state index contributed by atoms with van der Waals surface area (Å²) in [6.45, 7) is 2.30. The van der Waals surface area contributed by atoms with Crippen molar-refractivity contribution in [2.45, 2.75) is 42.6 Å². The summed E-state index contributed by atoms with van der Waals surface area (Å²) in [4.78, 5) is 12.5. The molecule has 1 saturated heterocycles. The first kappa shape index (κ1) is 18.2. The summed E-state index contributed by atoms with van der Waals surface area (Å²) in [5.74, 6) is 0.0208. The van der Waals surface area contributed by atoms with Crippen LogP contribution in [0.5, 0.6) is 0 Å². The van der Waals surface area contributed by atoms with Crippen molar-refractivity contribution in [1.29, 1.82) is 0 Å². The van der Waals surface area contributed by atoms with Gasteiger partial charge in [0.2, 0.25) is 21.1 Å². The lowest BCUT2D eigenvalue weighted by Crippen LogP contribution is -2.25. The second-order valence-electron chi connectivity index (χ2n) is 6.68. The predicted molar refractivity (Wildman–Crippen MR) is 102 cm³/mol. The molecular formula is C16H20N6O3S2. The van der Waals surface area contributed by atoms with Gasteiger partial charge in [0, 0.05) is 12.2 Å². The average Bonchev–Trinajstić information content (AvgIpc) is 3.28. The summed E-state index contributed by atoms with van der Waals surface area (Å²) >= 11 is 1.32. The number of carbonyl (C=O) groups is 1. The van der Waals surface area contributed by atoms with E-state index < -0.39 is 10.0 Å². The fourth-order valence-corrected chi connectivity index (χ4v) is 5.33. The molecule has 2 fully saturated rings. The largest absolute Gasteiger partial charge is 0.325 e. The van der Waals surface area contributed by atoms with Gasteiger partial charge in [0.1, 0.15) is 0 Å². The third-order valence-corrected chi connectivity index (χ3v) is 7.45. The van der Waals surface area contributed by atoms with E-state index in [0.717, 1.165) is 12.8 Å². The molecule has 1 saturated carbocycles. The molecule has 0 radical (unpaired) electrons. The molecule has 1 aromatic heterocycles. The molecule has 11 heteroatoms. The number of tetrazole rings is 1. The quantitative estimate of drug-likeness (QED) is 0.724. The molecule has 1 aliphatic heterocycles. The SMILES string of the molecule is CC(Sc1nnnn1C1CC1)C(=O)Nc1ccc(N2CCCS2(=O)=O)cc1. The second-order valence-corrected chi connectivity index (χ2v) is 10.00. The minimum absolute atomic E-state index is 0.160. The fraction of sp³-hybridized carbons (Fsp3) is 0.500. The molecule has 0 bridgehead atoms. The molecular weight excluding hydrogens is 388 g/mol. The van der Waals surface area contributed by atoms with Crippen molar-refractivity contribution in [3.05, 3.63) is 24.3 Å². The van der Waals surface area contributed by atoms with Crippen LogP contribution in [0.3, 0.4) is 0 Å². The predicted octanol–water partition coefficient (Wildman–Crippen LogP) is 1.67. The molecule has 1 unspecified atom stereocenters. The van der Waals surface area contributed by atoms with Gasteiger partial charge in [0.05, 0.1) is 22.7 Å². The van der Waals surface area contributed by atoms with Crippen molar-refractivity contribution in [3.8, 4) is 0 Å². The van der Waals surface area contributed by atoms with Crippen LogP contribution in [-0.4, -0.2) is 52.1 Å². The van der Waals surface area contributed by atoms with E-state index in [-0.39, 0.29) is 16.9 Å². The first-order chi connectivity index (χ1) is 12.9. The van der Waals surface area contributed by atoms with E-state index in [1.165, 1.54) is 16.1 Å². The van der Waals surface area contributed by atoms with Crippen LogP contribution in [0.1, 0.15) is 32.2 Å². The number of aromatic nitrogens is 4. The summed E-state index contributed by atoms with van der Waals surface area (Å²) < 4.78 is 27.2. The van der Waals surface area contributed by atoms with Crippen molar-refractivity contribution >= 4 is 39.1 Å². The molecule has 1 atom stereocenters. The average molecular weight is 409 g/mol. The van der Waals surface area contributed by atoms with Crippen molar-refractivity contribution in [2.24, 2.45) is 0 Å². The number of anilines is 2. The van der Waals surface area contributed by atoms with Gasteiger partial charge in [-0.15, -0.1) is 5.10 Å². The van der Waals surface area contributed by atoms with Gasteiger partial charge in [0.15, 0.2) is 0 Å². The maximum atomic E-state index is 12.5. The zero-order valence-corrected chi connectivity index (χ0v) is 16.4. The number of carbonyl (C=O) groups excluding carboxylic acids is 1. The van der Waals surface area contributed by atoms with Gasteiger partial charge >= 0.3 is 0 Å². The van der Waals surface area contributed by atoms with E-state index in [1.54, 1.807) is 35.9 Å². The molecule has 1 amide bonds. The van der Waals surface area contributed by atoms with Crippen LogP contribution in [0.4, 0.5) is 11.4 Å². The third kappa shape index (κ3) is 3.93. The van der Waals surface area contributed by atoms with Gasteiger partial charge in [-0.25, -0.2) is 13.1 Å². The maximum Gasteiger partial charge on any atom is 0.237 e. The van der Waals surface area contributed by atoms with E-state index in [9.17, 15) is 13.2 Å². The van der Waals surface area contributed by atoms with Crippen LogP contribution in [0, 0.1) is 0 Å². The number of hydrogen-bond acceptors (Lipinski definition) is 7. The Morgan fingerprint density at radius 2 is 2.04 bits per heavy atom. The Morgan fingerprint density at radius 3 is 2.67 bits per heavy atom. The van der Waals surface area contributed by atoms with Crippen molar-refractivity contribution in [2.75, 3.05) is 21.9 Å². The lowest BCUT2D eigenvalue weighted by atomic mass is 10.2. The van der Waals surface area contributed by atoms with Crippen LogP contribution in [0.25, 0.3) is 0 Å².